The summed E-state index contributed by atoms with van der Waals surface area (Å²) < 4.78 is 13.4. The topological polar surface area (TPSA) is 32.3 Å². The number of rotatable bonds is 0. The molecule has 1 aromatic carbocycles. The first-order valence-electron chi connectivity index (χ1n) is 6.13. The molecule has 3 rings (SSSR count). The van der Waals surface area contributed by atoms with Gasteiger partial charge in [0, 0.05) is 12.6 Å². The summed E-state index contributed by atoms with van der Waals surface area (Å²) in [4.78, 5) is 14.1. The molecule has 0 radical (unpaired) electrons. The van der Waals surface area contributed by atoms with Crippen molar-refractivity contribution >= 4 is 28.9 Å². The molecule has 5 heteroatoms. The van der Waals surface area contributed by atoms with Crippen LogP contribution in [0.15, 0.2) is 12.1 Å². The molecule has 2 unspecified atom stereocenters. The largest absolute Gasteiger partial charge is 0.358 e. The van der Waals surface area contributed by atoms with Crippen LogP contribution in [0.3, 0.4) is 0 Å². The second-order valence-electron chi connectivity index (χ2n) is 5.11. The summed E-state index contributed by atoms with van der Waals surface area (Å²) in [5, 5.41) is 2.87. The Bertz CT molecular complexity index is 520. The number of halogens is 2. The highest BCUT2D eigenvalue weighted by atomic mass is 35.5. The van der Waals surface area contributed by atoms with Crippen molar-refractivity contribution in [2.24, 2.45) is 5.92 Å². The van der Waals surface area contributed by atoms with E-state index in [1.807, 2.05) is 4.90 Å². The molecule has 1 aromatic rings. The maximum absolute atomic E-state index is 13.4. The van der Waals surface area contributed by atoms with E-state index in [0.29, 0.717) is 11.6 Å². The van der Waals surface area contributed by atoms with Gasteiger partial charge in [-0.15, -0.1) is 0 Å². The van der Waals surface area contributed by atoms with Gasteiger partial charge >= 0.3 is 0 Å². The molecule has 0 bridgehead atoms. The minimum atomic E-state index is -0.500. The molecule has 0 saturated carbocycles. The lowest BCUT2D eigenvalue weighted by atomic mass is 9.90. The van der Waals surface area contributed by atoms with Gasteiger partial charge < -0.3 is 10.2 Å². The Labute approximate surface area is 110 Å². The second kappa shape index (κ2) is 4.12. The minimum absolute atomic E-state index is 0.0456. The molecule has 2 aliphatic heterocycles. The molecule has 1 saturated heterocycles. The number of hydrogen-bond donors (Lipinski definition) is 1. The summed E-state index contributed by atoms with van der Waals surface area (Å²) in [5.41, 5.74) is 1.35. The summed E-state index contributed by atoms with van der Waals surface area (Å²) in [6.07, 6.45) is 1.87. The van der Waals surface area contributed by atoms with E-state index in [1.54, 1.807) is 6.07 Å². The van der Waals surface area contributed by atoms with Gasteiger partial charge in [0.05, 0.1) is 16.4 Å². The minimum Gasteiger partial charge on any atom is -0.358 e. The number of carbonyl (C=O) groups excluding carboxylic acids is 1. The van der Waals surface area contributed by atoms with E-state index in [1.165, 1.54) is 6.07 Å². The lowest BCUT2D eigenvalue weighted by Crippen LogP contribution is -2.52. The van der Waals surface area contributed by atoms with Crippen LogP contribution in [-0.4, -0.2) is 18.5 Å². The van der Waals surface area contributed by atoms with Gasteiger partial charge in [-0.2, -0.15) is 0 Å². The fourth-order valence-corrected chi connectivity index (χ4v) is 2.93. The highest BCUT2D eigenvalue weighted by Crippen LogP contribution is 2.39. The van der Waals surface area contributed by atoms with Crippen molar-refractivity contribution < 1.29 is 9.18 Å². The number of benzene rings is 1. The Morgan fingerprint density at radius 1 is 1.50 bits per heavy atom. The number of piperidine rings is 1. The molecule has 96 valence electrons. The second-order valence-corrected chi connectivity index (χ2v) is 5.52. The summed E-state index contributed by atoms with van der Waals surface area (Å²) in [7, 11) is 0. The quantitative estimate of drug-likeness (QED) is 0.784. The van der Waals surface area contributed by atoms with Gasteiger partial charge in [-0.25, -0.2) is 4.39 Å². The molecule has 1 fully saturated rings. The maximum atomic E-state index is 13.4. The van der Waals surface area contributed by atoms with Gasteiger partial charge in [-0.05, 0) is 24.8 Å². The molecule has 18 heavy (non-hydrogen) atoms. The van der Waals surface area contributed by atoms with E-state index in [9.17, 15) is 9.18 Å². The third-order valence-electron chi connectivity index (χ3n) is 3.77. The van der Waals surface area contributed by atoms with Crippen molar-refractivity contribution in [2.75, 3.05) is 16.8 Å². The number of anilines is 2. The number of amides is 1. The van der Waals surface area contributed by atoms with Crippen LogP contribution in [0.25, 0.3) is 0 Å². The van der Waals surface area contributed by atoms with Gasteiger partial charge in [0.1, 0.15) is 11.9 Å². The number of fused-ring (bicyclic) bond motifs is 3. The molecule has 1 amide bonds. The fraction of sp³-hybridized carbons (Fsp3) is 0.462. The van der Waals surface area contributed by atoms with Crippen LogP contribution >= 0.6 is 11.6 Å². The van der Waals surface area contributed by atoms with Crippen molar-refractivity contribution in [3.63, 3.8) is 0 Å². The van der Waals surface area contributed by atoms with Crippen LogP contribution in [0.5, 0.6) is 0 Å². The zero-order valence-electron chi connectivity index (χ0n) is 10.0. The van der Waals surface area contributed by atoms with E-state index in [0.717, 1.165) is 25.1 Å². The van der Waals surface area contributed by atoms with Gasteiger partial charge in [0.25, 0.3) is 0 Å². The van der Waals surface area contributed by atoms with Gasteiger partial charge in [0.2, 0.25) is 5.91 Å². The summed E-state index contributed by atoms with van der Waals surface area (Å²) in [6, 6.07) is 2.75. The molecule has 0 spiro atoms. The lowest BCUT2D eigenvalue weighted by molar-refractivity contribution is -0.118. The molecule has 0 aromatic heterocycles. The maximum Gasteiger partial charge on any atom is 0.247 e. The van der Waals surface area contributed by atoms with E-state index in [-0.39, 0.29) is 17.0 Å². The third kappa shape index (κ3) is 1.75. The first-order valence-corrected chi connectivity index (χ1v) is 6.50. The molecule has 0 aliphatic carbocycles. The van der Waals surface area contributed by atoms with Crippen molar-refractivity contribution in [2.45, 2.75) is 25.8 Å². The molecule has 2 aliphatic rings. The van der Waals surface area contributed by atoms with Crippen molar-refractivity contribution in [1.29, 1.82) is 0 Å². The highest BCUT2D eigenvalue weighted by molar-refractivity contribution is 6.31. The smallest absolute Gasteiger partial charge is 0.247 e. The van der Waals surface area contributed by atoms with E-state index in [2.05, 4.69) is 12.2 Å². The Kier molecular flexibility index (Phi) is 2.70. The van der Waals surface area contributed by atoms with Gasteiger partial charge in [-0.1, -0.05) is 18.5 Å². The van der Waals surface area contributed by atoms with Crippen molar-refractivity contribution in [1.82, 2.24) is 0 Å². The lowest BCUT2D eigenvalue weighted by Gasteiger charge is -2.43. The normalized spacial score (nSPS) is 26.4. The van der Waals surface area contributed by atoms with Crippen LogP contribution in [0.4, 0.5) is 15.8 Å². The predicted molar refractivity (Wildman–Crippen MR) is 69.6 cm³/mol. The van der Waals surface area contributed by atoms with E-state index in [4.69, 9.17) is 11.6 Å². The zero-order chi connectivity index (χ0) is 12.9. The average molecular weight is 269 g/mol. The van der Waals surface area contributed by atoms with Crippen LogP contribution < -0.4 is 10.2 Å². The SMILES string of the molecule is CC1CCN2c3cc(Cl)c(F)cc3NC(=O)C2C1. The number of nitrogens with zero attached hydrogens (tertiary/aromatic N) is 1. The molecule has 2 heterocycles. The monoisotopic (exact) mass is 268 g/mol. The summed E-state index contributed by atoms with van der Waals surface area (Å²) in [6.45, 7) is 2.96. The van der Waals surface area contributed by atoms with E-state index >= 15 is 0 Å². The van der Waals surface area contributed by atoms with Crippen molar-refractivity contribution in [3.05, 3.63) is 23.0 Å². The standard InChI is InChI=1S/C13H14ClFN2O/c1-7-2-3-17-11-5-8(14)9(15)6-10(11)16-13(18)12(17)4-7/h5-7,12H,2-4H2,1H3,(H,16,18). The van der Waals surface area contributed by atoms with Crippen LogP contribution in [0.2, 0.25) is 5.02 Å². The van der Waals surface area contributed by atoms with Gasteiger partial charge in [0.15, 0.2) is 0 Å². The highest BCUT2D eigenvalue weighted by Gasteiger charge is 2.37. The molecular weight excluding hydrogens is 255 g/mol. The average Bonchev–Trinajstić information content (AvgIpc) is 2.32. The first-order chi connectivity index (χ1) is 8.56. The molecular formula is C13H14ClFN2O. The molecule has 1 N–H and O–H groups in total. The molecule has 2 atom stereocenters. The van der Waals surface area contributed by atoms with Crippen LogP contribution in [0.1, 0.15) is 19.8 Å². The Hall–Kier alpha value is -1.29. The molecule has 3 nitrogen and oxygen atoms in total. The Balaban J connectivity index is 2.05. The predicted octanol–water partition coefficient (Wildman–Crippen LogP) is 3.04. The summed E-state index contributed by atoms with van der Waals surface area (Å²) in [5.74, 6) is -0.00946. The van der Waals surface area contributed by atoms with Crippen LogP contribution in [-0.2, 0) is 4.79 Å². The van der Waals surface area contributed by atoms with Gasteiger partial charge in [-0.3, -0.25) is 4.79 Å². The van der Waals surface area contributed by atoms with E-state index < -0.39 is 5.82 Å². The number of hydrogen-bond acceptors (Lipinski definition) is 2. The Morgan fingerprint density at radius 3 is 3.06 bits per heavy atom. The summed E-state index contributed by atoms with van der Waals surface area (Å²) >= 11 is 5.83. The Morgan fingerprint density at radius 2 is 2.28 bits per heavy atom. The van der Waals surface area contributed by atoms with Crippen LogP contribution in [0, 0.1) is 11.7 Å². The fourth-order valence-electron chi connectivity index (χ4n) is 2.77. The van der Waals surface area contributed by atoms with Crippen molar-refractivity contribution in [3.8, 4) is 0 Å². The zero-order valence-corrected chi connectivity index (χ0v) is 10.8. The number of carbonyl (C=O) groups is 1. The third-order valence-corrected chi connectivity index (χ3v) is 4.06. The number of nitrogens with one attached hydrogen (secondary N) is 1. The first kappa shape index (κ1) is 11.8.